The average Bonchev–Trinajstić information content (AvgIpc) is 2.59. The third-order valence-corrected chi connectivity index (χ3v) is 2.31. The SMILES string of the molecule is CC(C)(C)c1cc(C(F)(F)F)n2ncnc2n1. The lowest BCUT2D eigenvalue weighted by atomic mass is 9.91. The molecule has 0 aromatic carbocycles. The van der Waals surface area contributed by atoms with E-state index in [1.807, 2.05) is 0 Å². The third-order valence-electron chi connectivity index (χ3n) is 2.31. The van der Waals surface area contributed by atoms with Crippen molar-refractivity contribution in [2.75, 3.05) is 0 Å². The Labute approximate surface area is 95.5 Å². The molecular weight excluding hydrogens is 233 g/mol. The number of alkyl halides is 3. The molecule has 92 valence electrons. The van der Waals surface area contributed by atoms with E-state index in [-0.39, 0.29) is 5.78 Å². The second-order valence-electron chi connectivity index (χ2n) is 4.75. The summed E-state index contributed by atoms with van der Waals surface area (Å²) in [4.78, 5) is 7.78. The Hall–Kier alpha value is -1.66. The Morgan fingerprint density at radius 2 is 1.82 bits per heavy atom. The molecule has 7 heteroatoms. The number of aromatic nitrogens is 4. The Morgan fingerprint density at radius 3 is 2.35 bits per heavy atom. The van der Waals surface area contributed by atoms with Crippen LogP contribution >= 0.6 is 0 Å². The lowest BCUT2D eigenvalue weighted by molar-refractivity contribution is -0.142. The molecule has 0 atom stereocenters. The maximum absolute atomic E-state index is 12.8. The molecule has 2 rings (SSSR count). The van der Waals surface area contributed by atoms with Crippen LogP contribution in [0.2, 0.25) is 0 Å². The average molecular weight is 244 g/mol. The lowest BCUT2D eigenvalue weighted by Gasteiger charge is -2.19. The second kappa shape index (κ2) is 3.41. The summed E-state index contributed by atoms with van der Waals surface area (Å²) in [5.41, 5.74) is -0.997. The van der Waals surface area contributed by atoms with Crippen LogP contribution in [0.15, 0.2) is 12.4 Å². The number of nitrogens with zero attached hydrogens (tertiary/aromatic N) is 4. The summed E-state index contributed by atoms with van der Waals surface area (Å²) in [6, 6.07) is 1.02. The molecule has 4 nitrogen and oxygen atoms in total. The molecule has 17 heavy (non-hydrogen) atoms. The Bertz CT molecular complexity index is 551. The van der Waals surface area contributed by atoms with E-state index < -0.39 is 17.3 Å². The van der Waals surface area contributed by atoms with Gasteiger partial charge in [0.05, 0.1) is 5.69 Å². The van der Waals surface area contributed by atoms with Gasteiger partial charge in [-0.3, -0.25) is 0 Å². The molecule has 0 fully saturated rings. The molecule has 0 bridgehead atoms. The first-order valence-electron chi connectivity index (χ1n) is 4.98. The van der Waals surface area contributed by atoms with Gasteiger partial charge in [0, 0.05) is 5.41 Å². The Balaban J connectivity index is 2.76. The van der Waals surface area contributed by atoms with Crippen molar-refractivity contribution in [3.63, 3.8) is 0 Å². The zero-order valence-electron chi connectivity index (χ0n) is 9.58. The number of rotatable bonds is 0. The molecule has 2 aromatic rings. The summed E-state index contributed by atoms with van der Waals surface area (Å²) in [5, 5.41) is 3.53. The first-order valence-corrected chi connectivity index (χ1v) is 4.98. The van der Waals surface area contributed by atoms with Crippen molar-refractivity contribution < 1.29 is 13.2 Å². The van der Waals surface area contributed by atoms with Crippen LogP contribution in [0.25, 0.3) is 5.78 Å². The molecule has 0 N–H and O–H groups in total. The lowest BCUT2D eigenvalue weighted by Crippen LogP contribution is -2.20. The molecule has 2 heterocycles. The van der Waals surface area contributed by atoms with Crippen LogP contribution in [0, 0.1) is 0 Å². The second-order valence-corrected chi connectivity index (χ2v) is 4.75. The number of halogens is 3. The predicted octanol–water partition coefficient (Wildman–Crippen LogP) is 2.44. The van der Waals surface area contributed by atoms with E-state index in [2.05, 4.69) is 15.1 Å². The van der Waals surface area contributed by atoms with Gasteiger partial charge in [0.25, 0.3) is 5.78 Å². The van der Waals surface area contributed by atoms with Crippen LogP contribution in [0.5, 0.6) is 0 Å². The van der Waals surface area contributed by atoms with Gasteiger partial charge in [0.15, 0.2) is 5.69 Å². The highest BCUT2D eigenvalue weighted by atomic mass is 19.4. The highest BCUT2D eigenvalue weighted by Crippen LogP contribution is 2.31. The van der Waals surface area contributed by atoms with Crippen molar-refractivity contribution in [2.24, 2.45) is 0 Å². The van der Waals surface area contributed by atoms with Gasteiger partial charge in [-0.05, 0) is 6.07 Å². The summed E-state index contributed by atoms with van der Waals surface area (Å²) < 4.78 is 39.2. The molecule has 0 aliphatic rings. The van der Waals surface area contributed by atoms with Crippen molar-refractivity contribution in [1.82, 2.24) is 19.6 Å². The Morgan fingerprint density at radius 1 is 1.18 bits per heavy atom. The minimum atomic E-state index is -4.48. The van der Waals surface area contributed by atoms with Crippen LogP contribution < -0.4 is 0 Å². The van der Waals surface area contributed by atoms with E-state index in [4.69, 9.17) is 0 Å². The van der Waals surface area contributed by atoms with Gasteiger partial charge in [-0.15, -0.1) is 0 Å². The maximum Gasteiger partial charge on any atom is 0.433 e. The van der Waals surface area contributed by atoms with E-state index in [0.29, 0.717) is 10.2 Å². The van der Waals surface area contributed by atoms with Crippen molar-refractivity contribution in [3.05, 3.63) is 23.8 Å². The molecule has 0 saturated heterocycles. The maximum atomic E-state index is 12.8. The van der Waals surface area contributed by atoms with Gasteiger partial charge in [-0.2, -0.15) is 27.8 Å². The molecule has 0 radical (unpaired) electrons. The monoisotopic (exact) mass is 244 g/mol. The fourth-order valence-corrected chi connectivity index (χ4v) is 1.40. The fourth-order valence-electron chi connectivity index (χ4n) is 1.40. The van der Waals surface area contributed by atoms with Crippen molar-refractivity contribution in [1.29, 1.82) is 0 Å². The summed E-state index contributed by atoms with van der Waals surface area (Å²) in [5.74, 6) is -0.0373. The van der Waals surface area contributed by atoms with E-state index in [1.165, 1.54) is 0 Å². The van der Waals surface area contributed by atoms with Gasteiger partial charge < -0.3 is 0 Å². The topological polar surface area (TPSA) is 43.1 Å². The highest BCUT2D eigenvalue weighted by molar-refractivity contribution is 5.33. The van der Waals surface area contributed by atoms with Gasteiger partial charge in [-0.25, -0.2) is 4.98 Å². The van der Waals surface area contributed by atoms with Crippen molar-refractivity contribution in [3.8, 4) is 0 Å². The standard InChI is InChI=1S/C10H11F3N4/c1-9(2,3)6-4-7(10(11,12)13)17-8(16-6)14-5-15-17/h4-5H,1-3H3. The van der Waals surface area contributed by atoms with Gasteiger partial charge in [-0.1, -0.05) is 20.8 Å². The molecule has 0 aliphatic heterocycles. The molecule has 0 aliphatic carbocycles. The largest absolute Gasteiger partial charge is 0.433 e. The number of fused-ring (bicyclic) bond motifs is 1. The highest BCUT2D eigenvalue weighted by Gasteiger charge is 2.36. The van der Waals surface area contributed by atoms with Crippen molar-refractivity contribution >= 4 is 5.78 Å². The zero-order valence-corrected chi connectivity index (χ0v) is 9.58. The minimum Gasteiger partial charge on any atom is -0.216 e. The van der Waals surface area contributed by atoms with E-state index in [1.54, 1.807) is 20.8 Å². The van der Waals surface area contributed by atoms with Gasteiger partial charge in [0.1, 0.15) is 6.33 Å². The van der Waals surface area contributed by atoms with E-state index in [9.17, 15) is 13.2 Å². The fraction of sp³-hybridized carbons (Fsp3) is 0.500. The first-order chi connectivity index (χ1) is 7.69. The van der Waals surface area contributed by atoms with E-state index in [0.717, 1.165) is 12.4 Å². The third kappa shape index (κ3) is 2.09. The quantitative estimate of drug-likeness (QED) is 0.714. The summed E-state index contributed by atoms with van der Waals surface area (Å²) >= 11 is 0. The normalized spacial score (nSPS) is 13.3. The van der Waals surface area contributed by atoms with Gasteiger partial charge >= 0.3 is 6.18 Å². The van der Waals surface area contributed by atoms with Gasteiger partial charge in [0.2, 0.25) is 0 Å². The minimum absolute atomic E-state index is 0.0373. The summed E-state index contributed by atoms with van der Waals surface area (Å²) in [6.07, 6.45) is -3.42. The zero-order chi connectivity index (χ0) is 12.8. The van der Waals surface area contributed by atoms with Crippen LogP contribution in [-0.2, 0) is 11.6 Å². The molecule has 0 amide bonds. The van der Waals surface area contributed by atoms with Crippen molar-refractivity contribution in [2.45, 2.75) is 32.4 Å². The van der Waals surface area contributed by atoms with Crippen LogP contribution in [-0.4, -0.2) is 19.6 Å². The van der Waals surface area contributed by atoms with E-state index >= 15 is 0 Å². The Kier molecular flexibility index (Phi) is 2.37. The number of hydrogen-bond acceptors (Lipinski definition) is 3. The summed E-state index contributed by atoms with van der Waals surface area (Å²) in [7, 11) is 0. The molecular formula is C10H11F3N4. The molecule has 0 spiro atoms. The van der Waals surface area contributed by atoms with Crippen LogP contribution in [0.3, 0.4) is 0 Å². The smallest absolute Gasteiger partial charge is 0.216 e. The molecule has 0 unspecified atom stereocenters. The first kappa shape index (κ1) is 11.8. The predicted molar refractivity (Wildman–Crippen MR) is 54.5 cm³/mol. The molecule has 0 saturated carbocycles. The molecule has 2 aromatic heterocycles. The number of hydrogen-bond donors (Lipinski definition) is 0. The van der Waals surface area contributed by atoms with Crippen LogP contribution in [0.1, 0.15) is 32.2 Å². The van der Waals surface area contributed by atoms with Crippen LogP contribution in [0.4, 0.5) is 13.2 Å². The summed E-state index contributed by atoms with van der Waals surface area (Å²) in [6.45, 7) is 5.38.